The first kappa shape index (κ1) is 14.6. The van der Waals surface area contributed by atoms with E-state index in [1.165, 1.54) is 64.2 Å². The molecule has 1 nitrogen and oxygen atoms in total. The molecular formula is C18H29NS. The van der Waals surface area contributed by atoms with E-state index in [0.29, 0.717) is 6.04 Å². The molecule has 1 saturated carbocycles. The zero-order chi connectivity index (χ0) is 13.8. The van der Waals surface area contributed by atoms with Gasteiger partial charge in [0.15, 0.2) is 0 Å². The van der Waals surface area contributed by atoms with Crippen molar-refractivity contribution >= 4 is 11.3 Å². The van der Waals surface area contributed by atoms with Crippen LogP contribution in [0.3, 0.4) is 0 Å². The second-order valence-electron chi connectivity index (χ2n) is 6.65. The van der Waals surface area contributed by atoms with E-state index in [-0.39, 0.29) is 0 Å². The van der Waals surface area contributed by atoms with Crippen molar-refractivity contribution in [3.8, 4) is 0 Å². The molecular weight excluding hydrogens is 262 g/mol. The Kier molecular flexibility index (Phi) is 5.17. The number of fused-ring (bicyclic) bond motifs is 1. The largest absolute Gasteiger partial charge is 0.310 e. The molecule has 0 saturated heterocycles. The fraction of sp³-hybridized carbons (Fsp3) is 0.778. The molecule has 0 amide bonds. The Hall–Kier alpha value is -0.340. The van der Waals surface area contributed by atoms with Gasteiger partial charge in [0, 0.05) is 15.8 Å². The summed E-state index contributed by atoms with van der Waals surface area (Å²) in [7, 11) is 0. The van der Waals surface area contributed by atoms with Gasteiger partial charge >= 0.3 is 0 Å². The summed E-state index contributed by atoms with van der Waals surface area (Å²) >= 11 is 2.12. The van der Waals surface area contributed by atoms with Crippen LogP contribution in [0.4, 0.5) is 0 Å². The Morgan fingerprint density at radius 1 is 1.15 bits per heavy atom. The maximum Gasteiger partial charge on any atom is 0.0417 e. The monoisotopic (exact) mass is 291 g/mol. The van der Waals surface area contributed by atoms with Gasteiger partial charge in [-0.25, -0.2) is 0 Å². The molecule has 1 aromatic heterocycles. The molecule has 1 unspecified atom stereocenters. The molecule has 0 bridgehead atoms. The fourth-order valence-corrected chi connectivity index (χ4v) is 5.33. The number of rotatable bonds is 5. The Morgan fingerprint density at radius 2 is 1.95 bits per heavy atom. The summed E-state index contributed by atoms with van der Waals surface area (Å²) in [6.07, 6.45) is 14.1. The summed E-state index contributed by atoms with van der Waals surface area (Å²) in [5, 5.41) is 3.76. The molecule has 1 N–H and O–H groups in total. The van der Waals surface area contributed by atoms with Crippen molar-refractivity contribution < 1.29 is 0 Å². The van der Waals surface area contributed by atoms with Gasteiger partial charge in [-0.3, -0.25) is 0 Å². The van der Waals surface area contributed by atoms with Gasteiger partial charge < -0.3 is 5.32 Å². The van der Waals surface area contributed by atoms with Gasteiger partial charge in [0.1, 0.15) is 0 Å². The van der Waals surface area contributed by atoms with Gasteiger partial charge in [-0.2, -0.15) is 0 Å². The summed E-state index contributed by atoms with van der Waals surface area (Å²) < 4.78 is 0. The summed E-state index contributed by atoms with van der Waals surface area (Å²) in [6.45, 7) is 3.35. The lowest BCUT2D eigenvalue weighted by Gasteiger charge is -2.20. The molecule has 0 spiro atoms. The average molecular weight is 292 g/mol. The van der Waals surface area contributed by atoms with Crippen LogP contribution in [0.2, 0.25) is 0 Å². The third kappa shape index (κ3) is 3.46. The molecule has 20 heavy (non-hydrogen) atoms. The molecule has 1 aromatic rings. The smallest absolute Gasteiger partial charge is 0.0417 e. The highest BCUT2D eigenvalue weighted by atomic mass is 32.1. The lowest BCUT2D eigenvalue weighted by atomic mass is 9.97. The van der Waals surface area contributed by atoms with E-state index in [0.717, 1.165) is 12.5 Å². The van der Waals surface area contributed by atoms with E-state index in [2.05, 4.69) is 29.6 Å². The van der Waals surface area contributed by atoms with Gasteiger partial charge in [-0.1, -0.05) is 39.0 Å². The zero-order valence-electron chi connectivity index (χ0n) is 12.9. The first-order valence-corrected chi connectivity index (χ1v) is 9.53. The zero-order valence-corrected chi connectivity index (χ0v) is 13.7. The maximum atomic E-state index is 3.76. The second kappa shape index (κ2) is 7.09. The summed E-state index contributed by atoms with van der Waals surface area (Å²) in [6, 6.07) is 3.17. The van der Waals surface area contributed by atoms with E-state index < -0.39 is 0 Å². The van der Waals surface area contributed by atoms with Crippen molar-refractivity contribution in [2.45, 2.75) is 77.2 Å². The first-order chi connectivity index (χ1) is 9.86. The Morgan fingerprint density at radius 3 is 2.75 bits per heavy atom. The highest BCUT2D eigenvalue weighted by Crippen LogP contribution is 2.37. The lowest BCUT2D eigenvalue weighted by molar-refractivity contribution is 0.404. The molecule has 1 atom stereocenters. The van der Waals surface area contributed by atoms with Crippen molar-refractivity contribution in [1.82, 2.24) is 5.32 Å². The van der Waals surface area contributed by atoms with Crippen LogP contribution in [0, 0.1) is 5.92 Å². The average Bonchev–Trinajstić information content (AvgIpc) is 3.04. The van der Waals surface area contributed by atoms with Crippen molar-refractivity contribution in [1.29, 1.82) is 0 Å². The predicted octanol–water partition coefficient (Wildman–Crippen LogP) is 5.25. The number of thiophene rings is 1. The molecule has 112 valence electrons. The van der Waals surface area contributed by atoms with Crippen molar-refractivity contribution in [2.24, 2.45) is 5.92 Å². The minimum atomic E-state index is 0.625. The molecule has 0 radical (unpaired) electrons. The van der Waals surface area contributed by atoms with Gasteiger partial charge in [0.05, 0.1) is 0 Å². The van der Waals surface area contributed by atoms with E-state index in [1.54, 1.807) is 15.3 Å². The van der Waals surface area contributed by atoms with Gasteiger partial charge in [-0.05, 0) is 56.2 Å². The molecule has 2 heteroatoms. The quantitative estimate of drug-likeness (QED) is 0.731. The second-order valence-corrected chi connectivity index (χ2v) is 7.82. The number of hydrogen-bond donors (Lipinski definition) is 1. The number of aryl methyl sites for hydroxylation is 2. The van der Waals surface area contributed by atoms with E-state index in [4.69, 9.17) is 0 Å². The van der Waals surface area contributed by atoms with Crippen LogP contribution in [0.25, 0.3) is 0 Å². The fourth-order valence-electron chi connectivity index (χ4n) is 3.99. The normalized spacial score (nSPS) is 21.6. The van der Waals surface area contributed by atoms with Gasteiger partial charge in [0.2, 0.25) is 0 Å². The molecule has 2 aliphatic carbocycles. The first-order valence-electron chi connectivity index (χ1n) is 8.71. The maximum absolute atomic E-state index is 3.76. The van der Waals surface area contributed by atoms with Crippen LogP contribution >= 0.6 is 11.3 Å². The van der Waals surface area contributed by atoms with E-state index in [1.807, 2.05) is 0 Å². The Labute approximate surface area is 128 Å². The summed E-state index contributed by atoms with van der Waals surface area (Å²) in [5.74, 6) is 0.973. The van der Waals surface area contributed by atoms with Crippen LogP contribution in [0.15, 0.2) is 6.07 Å². The molecule has 0 aromatic carbocycles. The lowest BCUT2D eigenvalue weighted by Crippen LogP contribution is -2.22. The van der Waals surface area contributed by atoms with Gasteiger partial charge in [0.25, 0.3) is 0 Å². The van der Waals surface area contributed by atoms with Crippen molar-refractivity contribution in [2.75, 3.05) is 6.54 Å². The van der Waals surface area contributed by atoms with Gasteiger partial charge in [-0.15, -0.1) is 11.3 Å². The third-order valence-corrected chi connectivity index (χ3v) is 6.45. The molecule has 1 fully saturated rings. The molecule has 0 aliphatic heterocycles. The summed E-state index contributed by atoms with van der Waals surface area (Å²) in [4.78, 5) is 3.33. The minimum absolute atomic E-state index is 0.625. The third-order valence-electron chi connectivity index (χ3n) is 5.10. The van der Waals surface area contributed by atoms with Crippen LogP contribution in [-0.4, -0.2) is 6.54 Å². The topological polar surface area (TPSA) is 12.0 Å². The Bertz CT molecular complexity index is 394. The van der Waals surface area contributed by atoms with Crippen molar-refractivity contribution in [3.05, 3.63) is 21.4 Å². The highest BCUT2D eigenvalue weighted by Gasteiger charge is 2.23. The number of nitrogens with one attached hydrogen (secondary N) is 1. The van der Waals surface area contributed by atoms with Crippen LogP contribution in [0.5, 0.6) is 0 Å². The minimum Gasteiger partial charge on any atom is -0.310 e. The highest BCUT2D eigenvalue weighted by molar-refractivity contribution is 7.12. The van der Waals surface area contributed by atoms with E-state index >= 15 is 0 Å². The molecule has 1 heterocycles. The predicted molar refractivity (Wildman–Crippen MR) is 88.6 cm³/mol. The number of hydrogen-bond acceptors (Lipinski definition) is 2. The molecule has 3 rings (SSSR count). The van der Waals surface area contributed by atoms with E-state index in [9.17, 15) is 0 Å². The Balaban J connectivity index is 1.72. The standard InChI is InChI=1S/C18H29NS/c1-2-19-16(12-14-8-6-7-9-14)18-13-15-10-4-3-5-11-17(15)20-18/h13-14,16,19H,2-12H2,1H3. The van der Waals surface area contributed by atoms with Crippen LogP contribution in [0.1, 0.15) is 79.6 Å². The van der Waals surface area contributed by atoms with Crippen LogP contribution in [-0.2, 0) is 12.8 Å². The molecule has 2 aliphatic rings. The summed E-state index contributed by atoms with van der Waals surface area (Å²) in [5.41, 5.74) is 1.68. The van der Waals surface area contributed by atoms with Crippen molar-refractivity contribution in [3.63, 3.8) is 0 Å². The SMILES string of the molecule is CCNC(CC1CCCC1)c1cc2c(s1)CCCCC2. The van der Waals surface area contributed by atoms with Crippen LogP contribution < -0.4 is 5.32 Å².